The van der Waals surface area contributed by atoms with Crippen LogP contribution in [0.2, 0.25) is 0 Å². The summed E-state index contributed by atoms with van der Waals surface area (Å²) in [6.45, 7) is -0.0378. The maximum atomic E-state index is 11.7. The average molecular weight is 362 g/mol. The number of aliphatic hydroxyl groups excluding tert-OH is 1. The van der Waals surface area contributed by atoms with Gasteiger partial charge in [0.15, 0.2) is 11.5 Å². The molecule has 0 aromatic heterocycles. The van der Waals surface area contributed by atoms with E-state index in [9.17, 15) is 32.7 Å². The van der Waals surface area contributed by atoms with Crippen LogP contribution in [0.4, 0.5) is 0 Å². The molecule has 3 amide bonds. The van der Waals surface area contributed by atoms with Crippen LogP contribution < -0.4 is 0 Å². The smallest absolute Gasteiger partial charge is 0.332 e. The summed E-state index contributed by atoms with van der Waals surface area (Å²) in [6.07, 6.45) is -0.376. The van der Waals surface area contributed by atoms with Crippen molar-refractivity contribution in [1.82, 2.24) is 9.96 Å². The number of amides is 3. The molecule has 0 bridgehead atoms. The number of carbonyl (C=O) groups is 4. The molecular formula is C12H14N2O9S. The fourth-order valence-corrected chi connectivity index (χ4v) is 2.99. The zero-order valence-electron chi connectivity index (χ0n) is 12.2. The minimum absolute atomic E-state index is 0.0378. The van der Waals surface area contributed by atoms with Crippen molar-refractivity contribution in [3.05, 3.63) is 12.2 Å². The summed E-state index contributed by atoms with van der Waals surface area (Å²) in [5, 5.41) is 7.85. The Bertz CT molecular complexity index is 696. The first kappa shape index (κ1) is 18.0. The van der Waals surface area contributed by atoms with Gasteiger partial charge in [0.05, 0.1) is 0 Å². The quantitative estimate of drug-likeness (QED) is 0.401. The van der Waals surface area contributed by atoms with Crippen LogP contribution in [0.25, 0.3) is 0 Å². The third-order valence-electron chi connectivity index (χ3n) is 3.41. The Balaban J connectivity index is 1.83. The molecule has 11 nitrogen and oxygen atoms in total. The fourth-order valence-electron chi connectivity index (χ4n) is 2.22. The molecule has 2 rings (SSSR count). The predicted octanol–water partition coefficient (Wildman–Crippen LogP) is -2.04. The van der Waals surface area contributed by atoms with E-state index in [1.54, 1.807) is 0 Å². The van der Waals surface area contributed by atoms with Crippen molar-refractivity contribution < 1.29 is 42.1 Å². The molecule has 0 saturated carbocycles. The molecule has 132 valence electrons. The molecule has 0 aliphatic carbocycles. The van der Waals surface area contributed by atoms with Crippen molar-refractivity contribution in [2.24, 2.45) is 0 Å². The Morgan fingerprint density at radius 1 is 1.25 bits per heavy atom. The maximum Gasteiger partial charge on any atom is 0.332 e. The lowest BCUT2D eigenvalue weighted by Gasteiger charge is -2.19. The van der Waals surface area contributed by atoms with E-state index in [1.807, 2.05) is 0 Å². The highest BCUT2D eigenvalue weighted by Crippen LogP contribution is 2.23. The van der Waals surface area contributed by atoms with Crippen molar-refractivity contribution in [3.63, 3.8) is 0 Å². The molecule has 1 saturated heterocycles. The van der Waals surface area contributed by atoms with Crippen LogP contribution >= 0.6 is 0 Å². The summed E-state index contributed by atoms with van der Waals surface area (Å²) < 4.78 is 30.8. The number of aliphatic hydroxyl groups is 1. The van der Waals surface area contributed by atoms with Gasteiger partial charge in [-0.3, -0.25) is 23.8 Å². The Kier molecular flexibility index (Phi) is 5.01. The van der Waals surface area contributed by atoms with Crippen molar-refractivity contribution in [3.8, 4) is 0 Å². The molecule has 0 radical (unpaired) electrons. The van der Waals surface area contributed by atoms with E-state index in [4.69, 9.17) is 4.55 Å². The Labute approximate surface area is 136 Å². The average Bonchev–Trinajstić information content (AvgIpc) is 2.94. The molecule has 0 aromatic carbocycles. The first-order valence-corrected chi connectivity index (χ1v) is 8.33. The van der Waals surface area contributed by atoms with Gasteiger partial charge in [-0.1, -0.05) is 0 Å². The van der Waals surface area contributed by atoms with Gasteiger partial charge in [-0.15, -0.1) is 5.06 Å². The summed E-state index contributed by atoms with van der Waals surface area (Å²) in [4.78, 5) is 51.4. The van der Waals surface area contributed by atoms with E-state index in [0.717, 1.165) is 17.1 Å². The zero-order chi connectivity index (χ0) is 18.1. The molecule has 1 fully saturated rings. The number of hydroxylamine groups is 2. The second-order valence-corrected chi connectivity index (χ2v) is 6.71. The zero-order valence-corrected chi connectivity index (χ0v) is 13.0. The normalized spacial score (nSPS) is 24.2. The minimum atomic E-state index is -4.72. The second kappa shape index (κ2) is 6.67. The Morgan fingerprint density at radius 2 is 1.83 bits per heavy atom. The highest BCUT2D eigenvalue weighted by Gasteiger charge is 2.48. The van der Waals surface area contributed by atoms with Gasteiger partial charge in [0.1, 0.15) is 0 Å². The summed E-state index contributed by atoms with van der Waals surface area (Å²) in [5.74, 6) is -3.23. The van der Waals surface area contributed by atoms with Gasteiger partial charge in [0.25, 0.3) is 27.8 Å². The van der Waals surface area contributed by atoms with Gasteiger partial charge in [-0.2, -0.15) is 8.42 Å². The monoisotopic (exact) mass is 362 g/mol. The van der Waals surface area contributed by atoms with Gasteiger partial charge in [0, 0.05) is 31.5 Å². The fraction of sp³-hybridized carbons (Fsp3) is 0.500. The molecule has 0 aromatic rings. The topological polar surface area (TPSA) is 159 Å². The van der Waals surface area contributed by atoms with Crippen LogP contribution in [0.5, 0.6) is 0 Å². The van der Waals surface area contributed by atoms with E-state index in [-0.39, 0.29) is 24.4 Å². The van der Waals surface area contributed by atoms with Crippen LogP contribution in [0, 0.1) is 0 Å². The summed E-state index contributed by atoms with van der Waals surface area (Å²) in [5.41, 5.74) is 0. The summed E-state index contributed by atoms with van der Waals surface area (Å²) >= 11 is 0. The van der Waals surface area contributed by atoms with Gasteiger partial charge < -0.3 is 9.94 Å². The molecule has 2 aliphatic heterocycles. The van der Waals surface area contributed by atoms with E-state index in [2.05, 4.69) is 4.84 Å². The first-order chi connectivity index (χ1) is 11.1. The van der Waals surface area contributed by atoms with Gasteiger partial charge in [-0.25, -0.2) is 4.79 Å². The molecule has 2 N–H and O–H groups in total. The molecule has 2 atom stereocenters. The summed E-state index contributed by atoms with van der Waals surface area (Å²) in [6, 6.07) is 0. The largest absolute Gasteiger partial charge is 0.370 e. The third-order valence-corrected chi connectivity index (χ3v) is 4.52. The van der Waals surface area contributed by atoms with Crippen molar-refractivity contribution in [1.29, 1.82) is 0 Å². The maximum absolute atomic E-state index is 11.7. The van der Waals surface area contributed by atoms with Crippen LogP contribution in [0.15, 0.2) is 12.2 Å². The lowest BCUT2D eigenvalue weighted by atomic mass is 10.3. The van der Waals surface area contributed by atoms with Gasteiger partial charge in [0.2, 0.25) is 0 Å². The van der Waals surface area contributed by atoms with Crippen molar-refractivity contribution in [2.45, 2.75) is 30.7 Å². The van der Waals surface area contributed by atoms with Crippen molar-refractivity contribution in [2.75, 3.05) is 6.54 Å². The van der Waals surface area contributed by atoms with E-state index in [0.29, 0.717) is 0 Å². The third kappa shape index (κ3) is 3.77. The van der Waals surface area contributed by atoms with Crippen LogP contribution in [0.3, 0.4) is 0 Å². The Morgan fingerprint density at radius 3 is 2.33 bits per heavy atom. The van der Waals surface area contributed by atoms with E-state index >= 15 is 0 Å². The number of carbonyl (C=O) groups excluding carboxylic acids is 4. The Hall–Kier alpha value is -2.31. The molecule has 2 heterocycles. The number of hydrogen-bond donors (Lipinski definition) is 2. The lowest BCUT2D eigenvalue weighted by molar-refractivity contribution is -0.220. The molecule has 0 spiro atoms. The molecule has 12 heteroatoms. The predicted molar refractivity (Wildman–Crippen MR) is 74.0 cm³/mol. The highest BCUT2D eigenvalue weighted by molar-refractivity contribution is 7.87. The van der Waals surface area contributed by atoms with E-state index < -0.39 is 51.7 Å². The van der Waals surface area contributed by atoms with Gasteiger partial charge in [-0.05, 0) is 6.42 Å². The number of hydrogen-bond acceptors (Lipinski definition) is 8. The molecule has 24 heavy (non-hydrogen) atoms. The van der Waals surface area contributed by atoms with Crippen molar-refractivity contribution >= 4 is 33.8 Å². The lowest BCUT2D eigenvalue weighted by Crippen LogP contribution is -2.38. The standard InChI is InChI=1S/C12H14N2O9S/c15-8-3-4-9(16)13(8)5-1-2-11(18)23-14-10(17)6-7(12(14)19)24(20,21)22/h3-4,7,10,17H,1-2,5-6H2,(H,20,21,22)/t7?,10-/m1/s1. The minimum Gasteiger partial charge on any atom is -0.370 e. The molecular weight excluding hydrogens is 348 g/mol. The van der Waals surface area contributed by atoms with Gasteiger partial charge >= 0.3 is 5.97 Å². The number of imide groups is 1. The second-order valence-electron chi connectivity index (χ2n) is 5.11. The number of rotatable bonds is 6. The SMILES string of the molecule is O=C(CCCN1C(=O)C=CC1=O)ON1C(=O)C(S(=O)(=O)O)C[C@H]1O. The van der Waals surface area contributed by atoms with Crippen LogP contribution in [-0.2, 0) is 34.1 Å². The first-order valence-electron chi connectivity index (χ1n) is 6.83. The van der Waals surface area contributed by atoms with E-state index in [1.165, 1.54) is 0 Å². The molecule has 2 aliphatic rings. The highest BCUT2D eigenvalue weighted by atomic mass is 32.2. The number of nitrogens with zero attached hydrogens (tertiary/aromatic N) is 2. The summed E-state index contributed by atoms with van der Waals surface area (Å²) in [7, 11) is -4.72. The van der Waals surface area contributed by atoms with Crippen LogP contribution in [0.1, 0.15) is 19.3 Å². The van der Waals surface area contributed by atoms with Crippen LogP contribution in [-0.4, -0.2) is 69.8 Å². The molecule has 1 unspecified atom stereocenters.